The van der Waals surface area contributed by atoms with Gasteiger partial charge in [0.15, 0.2) is 5.82 Å². The van der Waals surface area contributed by atoms with Crippen molar-refractivity contribution in [3.05, 3.63) is 136 Å². The molecule has 63 heavy (non-hydrogen) atoms. The molecular formula is C48H45ClFN7O5S. The van der Waals surface area contributed by atoms with Crippen LogP contribution >= 0.6 is 22.9 Å². The van der Waals surface area contributed by atoms with E-state index in [1.54, 1.807) is 25.4 Å². The van der Waals surface area contributed by atoms with Crippen molar-refractivity contribution in [2.75, 3.05) is 52.9 Å². The quantitative estimate of drug-likeness (QED) is 0.132. The maximum atomic E-state index is 14.1. The zero-order valence-corrected chi connectivity index (χ0v) is 36.2. The number of rotatable bonds is 10. The minimum atomic E-state index is -1.37. The molecule has 6 aromatic rings. The number of methoxy groups -OCH3 is 1. The SMILES string of the molecule is C#C/C(Cl)=C1\C=C/Cc2c(-c3ccc(F)cc3)sc3ncnc(c23)O[C@@H](C(=O)O)Cc2cc(ccc2OCc2nccc(-c3ccccc3OC)n2)CN(CCN2CCNCC2)C1. The normalized spacial score (nSPS) is 17.7. The zero-order valence-electron chi connectivity index (χ0n) is 34.6. The number of carboxylic acids is 1. The number of allylic oxidation sites excluding steroid dienone is 2. The van der Waals surface area contributed by atoms with E-state index in [0.29, 0.717) is 69.9 Å². The van der Waals surface area contributed by atoms with Crippen molar-refractivity contribution in [2.24, 2.45) is 0 Å². The largest absolute Gasteiger partial charge is 0.496 e. The molecule has 5 heterocycles. The molecule has 12 nitrogen and oxygen atoms in total. The van der Waals surface area contributed by atoms with Crippen molar-refractivity contribution >= 4 is 39.1 Å². The highest BCUT2D eigenvalue weighted by molar-refractivity contribution is 7.22. The number of carboxylic acid groups (broad SMARTS) is 1. The van der Waals surface area contributed by atoms with Gasteiger partial charge in [-0.2, -0.15) is 0 Å². The van der Waals surface area contributed by atoms with E-state index in [4.69, 9.17) is 37.2 Å². The highest BCUT2D eigenvalue weighted by atomic mass is 35.5. The molecule has 0 amide bonds. The Bertz CT molecular complexity index is 2700. The lowest BCUT2D eigenvalue weighted by atomic mass is 10.0. The summed E-state index contributed by atoms with van der Waals surface area (Å²) in [7, 11) is 1.61. The molecule has 8 rings (SSSR count). The number of ether oxygens (including phenoxy) is 3. The number of fused-ring (bicyclic) bond motifs is 2. The molecule has 0 saturated carbocycles. The number of aromatic nitrogens is 4. The number of nitrogens with zero attached hydrogens (tertiary/aromatic N) is 6. The Labute approximate surface area is 374 Å². The van der Waals surface area contributed by atoms with Crippen LogP contribution in [-0.2, 0) is 30.8 Å². The zero-order chi connectivity index (χ0) is 43.7. The highest BCUT2D eigenvalue weighted by Crippen LogP contribution is 2.42. The Kier molecular flexibility index (Phi) is 14.0. The van der Waals surface area contributed by atoms with E-state index in [1.807, 2.05) is 60.7 Å². The van der Waals surface area contributed by atoms with Gasteiger partial charge in [-0.25, -0.2) is 29.1 Å². The third-order valence-corrected chi connectivity index (χ3v) is 12.5. The van der Waals surface area contributed by atoms with Crippen molar-refractivity contribution in [3.63, 3.8) is 0 Å². The molecule has 15 heteroatoms. The standard InChI is InChI=1S/C48H45ClFN7O5S/c1-3-38(49)33-7-6-9-37-44-46(53-30-54-47(44)63-45(37)32-12-14-35(50)15-13-32)62-42(48(58)59)26-34-25-31(27-57(28-33)24-23-56-21-19-51-20-22-56)11-16-40(34)61-29-43-52-18-17-39(55-43)36-8-4-5-10-41(36)60-2/h1,4-8,10-18,25,30,42,51H,9,19-24,26-29H2,2H3,(H,58,59)/b7-6-,38-33-/t42-/m1/s1. The predicted molar refractivity (Wildman–Crippen MR) is 243 cm³/mol. The molecule has 2 aliphatic rings. The molecule has 0 radical (unpaired) electrons. The van der Waals surface area contributed by atoms with E-state index >= 15 is 0 Å². The first-order valence-electron chi connectivity index (χ1n) is 20.5. The summed E-state index contributed by atoms with van der Waals surface area (Å²) in [4.78, 5) is 37.6. The van der Waals surface area contributed by atoms with Crippen LogP contribution in [-0.4, -0.2) is 99.8 Å². The van der Waals surface area contributed by atoms with E-state index in [1.165, 1.54) is 29.8 Å². The summed E-state index contributed by atoms with van der Waals surface area (Å²) >= 11 is 8.20. The summed E-state index contributed by atoms with van der Waals surface area (Å²) in [6.45, 7) is 6.23. The fraction of sp³-hybridized carbons (Fsp3) is 0.271. The number of para-hydroxylation sites is 1. The van der Waals surface area contributed by atoms with Gasteiger partial charge in [-0.15, -0.1) is 17.8 Å². The molecule has 3 aromatic heterocycles. The van der Waals surface area contributed by atoms with Crippen molar-refractivity contribution in [1.29, 1.82) is 0 Å². The van der Waals surface area contributed by atoms with Crippen molar-refractivity contribution in [1.82, 2.24) is 35.1 Å². The van der Waals surface area contributed by atoms with Gasteiger partial charge >= 0.3 is 5.97 Å². The number of halogens is 2. The van der Waals surface area contributed by atoms with Gasteiger partial charge < -0.3 is 24.6 Å². The van der Waals surface area contributed by atoms with Gasteiger partial charge in [0.05, 0.1) is 23.2 Å². The average molecular weight is 886 g/mol. The molecule has 0 spiro atoms. The number of terminal acetylenes is 1. The molecular weight excluding hydrogens is 841 g/mol. The number of thiophene rings is 1. The molecule has 2 bridgehead atoms. The summed E-state index contributed by atoms with van der Waals surface area (Å²) in [6.07, 6.45) is 11.8. The second kappa shape index (κ2) is 20.3. The van der Waals surface area contributed by atoms with Crippen molar-refractivity contribution < 1.29 is 28.5 Å². The summed E-state index contributed by atoms with van der Waals surface area (Å²) < 4.78 is 32.6. The number of carbonyl (C=O) groups is 1. The number of aliphatic carboxylic acids is 1. The van der Waals surface area contributed by atoms with E-state index < -0.39 is 12.1 Å². The monoisotopic (exact) mass is 885 g/mol. The Morgan fingerprint density at radius 2 is 1.84 bits per heavy atom. The van der Waals surface area contributed by atoms with E-state index in [2.05, 4.69) is 36.0 Å². The maximum Gasteiger partial charge on any atom is 0.345 e. The minimum Gasteiger partial charge on any atom is -0.496 e. The third kappa shape index (κ3) is 10.5. The Balaban J connectivity index is 1.20. The molecule has 0 unspecified atom stereocenters. The van der Waals surface area contributed by atoms with Gasteiger partial charge in [0, 0.05) is 75.4 Å². The van der Waals surface area contributed by atoms with Gasteiger partial charge in [0.1, 0.15) is 35.1 Å². The van der Waals surface area contributed by atoms with Crippen LogP contribution in [0.2, 0.25) is 0 Å². The van der Waals surface area contributed by atoms with Crippen LogP contribution in [0.4, 0.5) is 4.39 Å². The van der Waals surface area contributed by atoms with Crippen molar-refractivity contribution in [2.45, 2.75) is 32.1 Å². The minimum absolute atomic E-state index is 0.00673. The van der Waals surface area contributed by atoms with Crippen LogP contribution < -0.4 is 19.5 Å². The lowest BCUT2D eigenvalue weighted by Crippen LogP contribution is -2.46. The van der Waals surface area contributed by atoms with Crippen LogP contribution in [0.3, 0.4) is 0 Å². The second-order valence-electron chi connectivity index (χ2n) is 15.1. The van der Waals surface area contributed by atoms with E-state index in [0.717, 1.165) is 65.4 Å². The molecule has 2 N–H and O–H groups in total. The van der Waals surface area contributed by atoms with Crippen LogP contribution in [0.1, 0.15) is 22.5 Å². The molecule has 0 aliphatic carbocycles. The number of hydrogen-bond donors (Lipinski definition) is 2. The maximum absolute atomic E-state index is 14.1. The van der Waals surface area contributed by atoms with Gasteiger partial charge in [-0.3, -0.25) is 9.80 Å². The second-order valence-corrected chi connectivity index (χ2v) is 16.5. The lowest BCUT2D eigenvalue weighted by molar-refractivity contribution is -0.145. The van der Waals surface area contributed by atoms with Crippen LogP contribution in [0.15, 0.2) is 108 Å². The summed E-state index contributed by atoms with van der Waals surface area (Å²) in [6, 6.07) is 21.4. The fourth-order valence-corrected chi connectivity index (χ4v) is 9.07. The van der Waals surface area contributed by atoms with Gasteiger partial charge in [0.25, 0.3) is 0 Å². The Morgan fingerprint density at radius 3 is 2.63 bits per heavy atom. The summed E-state index contributed by atoms with van der Waals surface area (Å²) in [5.74, 6) is 2.77. The Morgan fingerprint density at radius 1 is 1.03 bits per heavy atom. The molecule has 3 aromatic carbocycles. The summed E-state index contributed by atoms with van der Waals surface area (Å²) in [5.41, 5.74) is 5.34. The smallest absolute Gasteiger partial charge is 0.345 e. The first kappa shape index (κ1) is 43.4. The molecule has 2 aliphatic heterocycles. The topological polar surface area (TPSA) is 135 Å². The highest BCUT2D eigenvalue weighted by Gasteiger charge is 2.27. The predicted octanol–water partition coefficient (Wildman–Crippen LogP) is 7.56. The number of hydrogen-bond acceptors (Lipinski definition) is 12. The molecule has 322 valence electrons. The van der Waals surface area contributed by atoms with Gasteiger partial charge in [0.2, 0.25) is 12.0 Å². The number of nitrogens with one attached hydrogen (secondary N) is 1. The first-order valence-corrected chi connectivity index (χ1v) is 21.7. The molecule has 1 atom stereocenters. The van der Waals surface area contributed by atoms with Gasteiger partial charge in [-0.1, -0.05) is 66.1 Å². The summed E-state index contributed by atoms with van der Waals surface area (Å²) in [5, 5.41) is 15.0. The first-order chi connectivity index (χ1) is 30.8. The van der Waals surface area contributed by atoms with Crippen LogP contribution in [0.25, 0.3) is 31.9 Å². The number of piperazine rings is 1. The van der Waals surface area contributed by atoms with Crippen molar-refractivity contribution in [3.8, 4) is 51.4 Å². The molecule has 1 fully saturated rings. The number of benzene rings is 3. The fourth-order valence-electron chi connectivity index (χ4n) is 7.78. The van der Waals surface area contributed by atoms with Gasteiger partial charge in [-0.05, 0) is 70.6 Å². The Hall–Kier alpha value is -6.21. The van der Waals surface area contributed by atoms with Crippen LogP contribution in [0.5, 0.6) is 17.4 Å². The van der Waals surface area contributed by atoms with Crippen LogP contribution in [0, 0.1) is 18.2 Å². The third-order valence-electron chi connectivity index (χ3n) is 11.0. The van der Waals surface area contributed by atoms with E-state index in [-0.39, 0.29) is 24.7 Å². The lowest BCUT2D eigenvalue weighted by Gasteiger charge is -2.31. The molecule has 1 saturated heterocycles. The average Bonchev–Trinajstić information content (AvgIpc) is 3.69. The van der Waals surface area contributed by atoms with E-state index in [9.17, 15) is 14.3 Å².